The number of carbonyl (C=O) groups excluding carboxylic acids is 1. The maximum atomic E-state index is 12.5. The molecule has 1 heterocycles. The molecule has 3 nitrogen and oxygen atoms in total. The predicted molar refractivity (Wildman–Crippen MR) is 136 cm³/mol. The smallest absolute Gasteiger partial charge is 0.294 e. The molecule has 0 saturated carbocycles. The number of carbonyl (C=O) groups is 1. The molecule has 37 heavy (non-hydrogen) atoms. The lowest BCUT2D eigenvalue weighted by Crippen LogP contribution is -2.24. The van der Waals surface area contributed by atoms with E-state index in [-0.39, 0.29) is 27.4 Å². The molecule has 16 heteroatoms. The van der Waals surface area contributed by atoms with Crippen molar-refractivity contribution in [3.05, 3.63) is 79.9 Å². The van der Waals surface area contributed by atoms with Crippen molar-refractivity contribution in [2.24, 2.45) is 0 Å². The van der Waals surface area contributed by atoms with Crippen LogP contribution >= 0.6 is 73.7 Å². The van der Waals surface area contributed by atoms with Gasteiger partial charge in [-0.25, -0.2) is 4.98 Å². The van der Waals surface area contributed by atoms with Crippen molar-refractivity contribution in [2.75, 3.05) is 0 Å². The van der Waals surface area contributed by atoms with Gasteiger partial charge in [-0.1, -0.05) is 53.0 Å². The number of fused-ring (bicyclic) bond motifs is 2. The first-order valence-electron chi connectivity index (χ1n) is 9.39. The maximum Gasteiger partial charge on any atom is 0.419 e. The fourth-order valence-corrected chi connectivity index (χ4v) is 3.69. The number of rotatable bonds is 0. The average molecular weight is 666 g/mol. The van der Waals surface area contributed by atoms with Crippen LogP contribution < -0.4 is 0 Å². The SMILES string of the molecule is FC(F)(F)c1cc2c(Cl)cccc2nc1Cl.O=C1Cc2cccc(Cl)c2C=C1C(F)(F)F.O=P(Cl)(Cl)Cl. The van der Waals surface area contributed by atoms with Gasteiger partial charge in [-0.3, -0.25) is 9.36 Å². The van der Waals surface area contributed by atoms with E-state index < -0.39 is 39.6 Å². The lowest BCUT2D eigenvalue weighted by Gasteiger charge is -2.18. The van der Waals surface area contributed by atoms with Crippen molar-refractivity contribution < 1.29 is 35.7 Å². The number of ketones is 1. The Kier molecular flexibility index (Phi) is 10.7. The minimum absolute atomic E-state index is 0.215. The Bertz CT molecular complexity index is 1400. The first kappa shape index (κ1) is 32.0. The Morgan fingerprint density at radius 2 is 1.38 bits per heavy atom. The molecule has 1 aliphatic rings. The number of hydrogen-bond donors (Lipinski definition) is 0. The van der Waals surface area contributed by atoms with Gasteiger partial charge in [-0.2, -0.15) is 26.3 Å². The molecule has 0 amide bonds. The van der Waals surface area contributed by atoms with Crippen LogP contribution in [0.4, 0.5) is 26.3 Å². The molecule has 0 bridgehead atoms. The zero-order valence-electron chi connectivity index (χ0n) is 17.6. The van der Waals surface area contributed by atoms with Gasteiger partial charge in [-0.15, -0.1) is 0 Å². The highest BCUT2D eigenvalue weighted by Gasteiger charge is 2.40. The third kappa shape index (κ3) is 9.50. The normalized spacial score (nSPS) is 13.6. The molecule has 1 aliphatic carbocycles. The van der Waals surface area contributed by atoms with Crippen molar-refractivity contribution in [1.82, 2.24) is 4.98 Å². The van der Waals surface area contributed by atoms with Crippen molar-refractivity contribution in [3.63, 3.8) is 0 Å². The minimum Gasteiger partial charge on any atom is -0.294 e. The van der Waals surface area contributed by atoms with Gasteiger partial charge in [0.15, 0.2) is 5.78 Å². The Morgan fingerprint density at radius 3 is 1.92 bits per heavy atom. The lowest BCUT2D eigenvalue weighted by atomic mass is 9.91. The third-order valence-corrected chi connectivity index (χ3v) is 5.40. The number of alkyl halides is 6. The van der Waals surface area contributed by atoms with E-state index in [9.17, 15) is 35.7 Å². The van der Waals surface area contributed by atoms with Crippen LogP contribution in [0.25, 0.3) is 17.0 Å². The third-order valence-electron chi connectivity index (χ3n) is 4.45. The zero-order chi connectivity index (χ0) is 28.3. The first-order valence-corrected chi connectivity index (χ1v) is 14.9. The quantitative estimate of drug-likeness (QED) is 0.136. The molecule has 2 aromatic carbocycles. The van der Waals surface area contributed by atoms with Gasteiger partial charge >= 0.3 is 17.6 Å². The van der Waals surface area contributed by atoms with E-state index in [0.717, 1.165) is 12.1 Å². The summed E-state index contributed by atoms with van der Waals surface area (Å²) < 4.78 is 84.6. The largest absolute Gasteiger partial charge is 0.419 e. The van der Waals surface area contributed by atoms with E-state index in [1.807, 2.05) is 0 Å². The van der Waals surface area contributed by atoms with Gasteiger partial charge in [0.05, 0.1) is 16.7 Å². The molecule has 200 valence electrons. The van der Waals surface area contributed by atoms with Crippen molar-refractivity contribution in [2.45, 2.75) is 18.8 Å². The van der Waals surface area contributed by atoms with Crippen LogP contribution in [0, 0.1) is 0 Å². The fourth-order valence-electron chi connectivity index (χ4n) is 2.97. The average Bonchev–Trinajstić information content (AvgIpc) is 2.71. The Morgan fingerprint density at radius 1 is 0.838 bits per heavy atom. The van der Waals surface area contributed by atoms with Gasteiger partial charge in [-0.05, 0) is 75.2 Å². The number of aromatic nitrogens is 1. The molecular weight excluding hydrogens is 656 g/mol. The molecule has 0 spiro atoms. The molecular formula is C21H10Cl6F6NO2P. The molecule has 0 fully saturated rings. The van der Waals surface area contributed by atoms with E-state index in [2.05, 4.69) is 38.7 Å². The second kappa shape index (κ2) is 12.3. The van der Waals surface area contributed by atoms with Crippen LogP contribution in [0.5, 0.6) is 0 Å². The first-order chi connectivity index (χ1) is 16.8. The Balaban J connectivity index is 0.000000221. The summed E-state index contributed by atoms with van der Waals surface area (Å²) in [6, 6.07) is 10.3. The van der Waals surface area contributed by atoms with Crippen LogP contribution in [-0.4, -0.2) is 16.9 Å². The molecule has 3 aromatic rings. The molecule has 4 rings (SSSR count). The molecule has 0 atom stereocenters. The summed E-state index contributed by atoms with van der Waals surface area (Å²) in [5.41, 5.74) is -0.949. The van der Waals surface area contributed by atoms with Gasteiger partial charge in [0.2, 0.25) is 0 Å². The number of halogens is 12. The predicted octanol–water partition coefficient (Wildman–Crippen LogP) is 10.8. The van der Waals surface area contributed by atoms with E-state index >= 15 is 0 Å². The second-order valence-electron chi connectivity index (χ2n) is 7.00. The van der Waals surface area contributed by atoms with Crippen molar-refractivity contribution in [3.8, 4) is 0 Å². The van der Waals surface area contributed by atoms with Gasteiger partial charge in [0.25, 0.3) is 0 Å². The Hall–Kier alpha value is -1.19. The minimum atomic E-state index is -4.62. The summed E-state index contributed by atoms with van der Waals surface area (Å²) >= 11 is 30.9. The summed E-state index contributed by atoms with van der Waals surface area (Å²) in [5.74, 6) is -0.915. The van der Waals surface area contributed by atoms with Crippen molar-refractivity contribution in [1.29, 1.82) is 0 Å². The van der Waals surface area contributed by atoms with Crippen LogP contribution in [0.15, 0.2) is 48.0 Å². The van der Waals surface area contributed by atoms with Gasteiger partial charge in [0, 0.05) is 21.9 Å². The molecule has 0 aliphatic heterocycles. The maximum absolute atomic E-state index is 12.5. The summed E-state index contributed by atoms with van der Waals surface area (Å²) in [6.07, 6.45) is -8.57. The highest BCUT2D eigenvalue weighted by Crippen LogP contribution is 2.61. The summed E-state index contributed by atoms with van der Waals surface area (Å²) in [4.78, 5) is 14.9. The second-order valence-corrected chi connectivity index (χ2v) is 14.8. The summed E-state index contributed by atoms with van der Waals surface area (Å²) in [6.45, 7) is 0. The van der Waals surface area contributed by atoms with Crippen LogP contribution in [-0.2, 0) is 22.0 Å². The topological polar surface area (TPSA) is 47.0 Å². The lowest BCUT2D eigenvalue weighted by molar-refractivity contribution is -0.137. The van der Waals surface area contributed by atoms with Crippen LogP contribution in [0.1, 0.15) is 16.7 Å². The molecule has 1 aromatic heterocycles. The van der Waals surface area contributed by atoms with Gasteiger partial charge < -0.3 is 0 Å². The number of pyridine rings is 1. The highest BCUT2D eigenvalue weighted by molar-refractivity contribution is 8.24. The standard InChI is InChI=1S/C11H6ClF3O.C10H4Cl2F3N.Cl3OP/c12-9-3-1-2-6-4-10(16)8(5-7(6)9)11(13,14)15;11-7-2-1-3-8-5(7)4-6(9(12)16-8)10(13,14)15;1-5(2,3)4/h1-3,5H,4H2;1-4H;. The Labute approximate surface area is 235 Å². The summed E-state index contributed by atoms with van der Waals surface area (Å²) in [7, 11) is 0. The van der Waals surface area contributed by atoms with E-state index in [0.29, 0.717) is 11.1 Å². The number of nitrogens with zero attached hydrogens (tertiary/aromatic N) is 1. The number of Topliss-reactive ketones (excluding diaryl/α,β-unsaturated/α-hetero) is 1. The number of benzene rings is 2. The molecule has 0 saturated heterocycles. The van der Waals surface area contributed by atoms with E-state index in [1.54, 1.807) is 24.3 Å². The number of allylic oxidation sites excluding steroid dienone is 1. The molecule has 0 radical (unpaired) electrons. The molecule has 0 unspecified atom stereocenters. The van der Waals surface area contributed by atoms with Crippen LogP contribution in [0.2, 0.25) is 15.2 Å². The summed E-state index contributed by atoms with van der Waals surface area (Å²) in [5, 5.41) is -3.11. The zero-order valence-corrected chi connectivity index (χ0v) is 23.0. The van der Waals surface area contributed by atoms with E-state index in [4.69, 9.17) is 34.8 Å². The fraction of sp³-hybridized carbons (Fsp3) is 0.143. The monoisotopic (exact) mass is 663 g/mol. The highest BCUT2D eigenvalue weighted by atomic mass is 36.0. The van der Waals surface area contributed by atoms with E-state index in [1.165, 1.54) is 12.1 Å². The van der Waals surface area contributed by atoms with Gasteiger partial charge in [0.1, 0.15) is 5.15 Å². The van der Waals surface area contributed by atoms with Crippen LogP contribution in [0.3, 0.4) is 0 Å². The van der Waals surface area contributed by atoms with Crippen molar-refractivity contribution >= 4 is 96.5 Å². The number of hydrogen-bond acceptors (Lipinski definition) is 3. The molecule has 0 N–H and O–H groups in total.